The van der Waals surface area contributed by atoms with E-state index in [0.717, 1.165) is 49.0 Å². The molecule has 1 N–H and O–H groups in total. The number of nitrogens with zero attached hydrogens (tertiary/aromatic N) is 1. The highest BCUT2D eigenvalue weighted by Crippen LogP contribution is 2.39. The second-order valence-electron chi connectivity index (χ2n) is 9.87. The van der Waals surface area contributed by atoms with E-state index < -0.39 is 0 Å². The summed E-state index contributed by atoms with van der Waals surface area (Å²) in [4.78, 5) is 29.2. The molecule has 2 amide bonds. The first-order valence-electron chi connectivity index (χ1n) is 12.2. The van der Waals surface area contributed by atoms with Crippen molar-refractivity contribution in [3.63, 3.8) is 0 Å². The van der Waals surface area contributed by atoms with Crippen LogP contribution < -0.4 is 5.32 Å². The van der Waals surface area contributed by atoms with Gasteiger partial charge in [0.15, 0.2) is 0 Å². The lowest BCUT2D eigenvalue weighted by Crippen LogP contribution is -2.54. The SMILES string of the molecule is Cc1ccccc1C(=O)N1CCCC(C(=O)Nc2cccc(C(C)C)c2)C1C1CCCC1. The van der Waals surface area contributed by atoms with Crippen molar-refractivity contribution in [3.05, 3.63) is 65.2 Å². The van der Waals surface area contributed by atoms with Crippen LogP contribution in [0.3, 0.4) is 0 Å². The Morgan fingerprint density at radius 1 is 0.969 bits per heavy atom. The highest BCUT2D eigenvalue weighted by Gasteiger charge is 2.43. The average molecular weight is 433 g/mol. The Hall–Kier alpha value is -2.62. The molecule has 2 aromatic carbocycles. The summed E-state index contributed by atoms with van der Waals surface area (Å²) in [5.74, 6) is 0.794. The van der Waals surface area contributed by atoms with Crippen LogP contribution >= 0.6 is 0 Å². The number of nitrogens with one attached hydrogen (secondary N) is 1. The predicted molar refractivity (Wildman–Crippen MR) is 130 cm³/mol. The highest BCUT2D eigenvalue weighted by molar-refractivity contribution is 5.97. The molecule has 0 spiro atoms. The number of rotatable bonds is 5. The summed E-state index contributed by atoms with van der Waals surface area (Å²) in [6.07, 6.45) is 6.31. The fourth-order valence-corrected chi connectivity index (χ4v) is 5.60. The van der Waals surface area contributed by atoms with Gasteiger partial charge in [-0.3, -0.25) is 9.59 Å². The monoisotopic (exact) mass is 432 g/mol. The number of piperidine rings is 1. The van der Waals surface area contributed by atoms with E-state index in [-0.39, 0.29) is 23.8 Å². The molecular weight excluding hydrogens is 396 g/mol. The van der Waals surface area contributed by atoms with Crippen LogP contribution in [0.25, 0.3) is 0 Å². The molecule has 2 aromatic rings. The van der Waals surface area contributed by atoms with Gasteiger partial charge in [-0.05, 0) is 73.8 Å². The number of benzene rings is 2. The Labute approximate surface area is 192 Å². The molecule has 0 radical (unpaired) electrons. The number of carbonyl (C=O) groups excluding carboxylic acids is 2. The lowest BCUT2D eigenvalue weighted by Gasteiger charge is -2.44. The van der Waals surface area contributed by atoms with Gasteiger partial charge in [0.2, 0.25) is 5.91 Å². The van der Waals surface area contributed by atoms with Gasteiger partial charge in [0.05, 0.1) is 5.92 Å². The lowest BCUT2D eigenvalue weighted by atomic mass is 9.79. The molecule has 1 aliphatic carbocycles. The molecule has 1 saturated carbocycles. The number of aryl methyl sites for hydroxylation is 1. The van der Waals surface area contributed by atoms with Crippen molar-refractivity contribution >= 4 is 17.5 Å². The summed E-state index contributed by atoms with van der Waals surface area (Å²) in [5.41, 5.74) is 3.84. The third-order valence-corrected chi connectivity index (χ3v) is 7.36. The van der Waals surface area contributed by atoms with Crippen LogP contribution in [0.4, 0.5) is 5.69 Å². The molecule has 32 heavy (non-hydrogen) atoms. The lowest BCUT2D eigenvalue weighted by molar-refractivity contribution is -0.124. The molecule has 2 aliphatic rings. The van der Waals surface area contributed by atoms with E-state index in [2.05, 4.69) is 31.3 Å². The second-order valence-corrected chi connectivity index (χ2v) is 9.87. The largest absolute Gasteiger partial charge is 0.335 e. The highest BCUT2D eigenvalue weighted by atomic mass is 16.2. The average Bonchev–Trinajstić information content (AvgIpc) is 3.33. The first-order valence-corrected chi connectivity index (χ1v) is 12.2. The Morgan fingerprint density at radius 2 is 1.72 bits per heavy atom. The number of anilines is 1. The molecule has 2 fully saturated rings. The number of amides is 2. The van der Waals surface area contributed by atoms with E-state index in [4.69, 9.17) is 0 Å². The van der Waals surface area contributed by atoms with Gasteiger partial charge in [-0.2, -0.15) is 0 Å². The molecule has 1 saturated heterocycles. The van der Waals surface area contributed by atoms with Crippen molar-refractivity contribution in [3.8, 4) is 0 Å². The zero-order valence-electron chi connectivity index (χ0n) is 19.6. The van der Waals surface area contributed by atoms with Crippen molar-refractivity contribution < 1.29 is 9.59 Å². The van der Waals surface area contributed by atoms with Crippen molar-refractivity contribution in [1.82, 2.24) is 4.90 Å². The minimum Gasteiger partial charge on any atom is -0.335 e. The predicted octanol–water partition coefficient (Wildman–Crippen LogP) is 6.17. The summed E-state index contributed by atoms with van der Waals surface area (Å²) >= 11 is 0. The molecule has 4 nitrogen and oxygen atoms in total. The zero-order chi connectivity index (χ0) is 22.7. The molecule has 170 valence electrons. The van der Waals surface area contributed by atoms with Crippen LogP contribution in [0.5, 0.6) is 0 Å². The van der Waals surface area contributed by atoms with Crippen LogP contribution in [-0.2, 0) is 4.79 Å². The van der Waals surface area contributed by atoms with Crippen molar-refractivity contribution in [2.45, 2.75) is 71.3 Å². The maximum Gasteiger partial charge on any atom is 0.254 e. The smallest absolute Gasteiger partial charge is 0.254 e. The molecular formula is C28H36N2O2. The Bertz CT molecular complexity index is 961. The van der Waals surface area contributed by atoms with Gasteiger partial charge in [-0.1, -0.05) is 57.0 Å². The van der Waals surface area contributed by atoms with E-state index in [1.807, 2.05) is 48.2 Å². The topological polar surface area (TPSA) is 49.4 Å². The van der Waals surface area contributed by atoms with Crippen LogP contribution in [0.1, 0.15) is 79.8 Å². The van der Waals surface area contributed by atoms with E-state index in [0.29, 0.717) is 11.8 Å². The van der Waals surface area contributed by atoms with Gasteiger partial charge in [0.25, 0.3) is 5.91 Å². The fourth-order valence-electron chi connectivity index (χ4n) is 5.60. The quantitative estimate of drug-likeness (QED) is 0.614. The van der Waals surface area contributed by atoms with Crippen molar-refractivity contribution in [2.75, 3.05) is 11.9 Å². The van der Waals surface area contributed by atoms with E-state index in [9.17, 15) is 9.59 Å². The third-order valence-electron chi connectivity index (χ3n) is 7.36. The molecule has 1 aliphatic heterocycles. The summed E-state index contributed by atoms with van der Waals surface area (Å²) < 4.78 is 0. The van der Waals surface area contributed by atoms with E-state index in [1.165, 1.54) is 18.4 Å². The minimum atomic E-state index is -0.164. The Balaban J connectivity index is 1.60. The van der Waals surface area contributed by atoms with Crippen LogP contribution in [0.15, 0.2) is 48.5 Å². The normalized spacial score (nSPS) is 21.7. The summed E-state index contributed by atoms with van der Waals surface area (Å²) in [5, 5.41) is 3.19. The maximum absolute atomic E-state index is 13.6. The van der Waals surface area contributed by atoms with Crippen LogP contribution in [0.2, 0.25) is 0 Å². The summed E-state index contributed by atoms with van der Waals surface area (Å²) in [6.45, 7) is 7.05. The first kappa shape index (κ1) is 22.6. The number of hydrogen-bond acceptors (Lipinski definition) is 2. The number of likely N-dealkylation sites (tertiary alicyclic amines) is 1. The third kappa shape index (κ3) is 4.74. The van der Waals surface area contributed by atoms with Crippen molar-refractivity contribution in [1.29, 1.82) is 0 Å². The summed E-state index contributed by atoms with van der Waals surface area (Å²) in [6, 6.07) is 15.9. The molecule has 2 unspecified atom stereocenters. The minimum absolute atomic E-state index is 0.0216. The Kier molecular flexibility index (Phi) is 6.98. The summed E-state index contributed by atoms with van der Waals surface area (Å²) in [7, 11) is 0. The second kappa shape index (κ2) is 9.89. The Morgan fingerprint density at radius 3 is 2.44 bits per heavy atom. The standard InChI is InChI=1S/C28H36N2O2/c1-19(2)22-13-8-14-23(18-22)29-27(31)25-16-9-17-30(26(25)21-11-5-6-12-21)28(32)24-15-7-4-10-20(24)3/h4,7-8,10,13-15,18-19,21,25-26H,5-6,9,11-12,16-17H2,1-3H3,(H,29,31). The fraction of sp³-hybridized carbons (Fsp3) is 0.500. The van der Waals surface area contributed by atoms with Gasteiger partial charge >= 0.3 is 0 Å². The molecule has 2 atom stereocenters. The van der Waals surface area contributed by atoms with Gasteiger partial charge in [-0.15, -0.1) is 0 Å². The molecule has 0 aromatic heterocycles. The zero-order valence-corrected chi connectivity index (χ0v) is 19.6. The maximum atomic E-state index is 13.6. The van der Waals surface area contributed by atoms with Crippen molar-refractivity contribution in [2.24, 2.45) is 11.8 Å². The number of hydrogen-bond donors (Lipinski definition) is 1. The van der Waals surface area contributed by atoms with Gasteiger partial charge in [0, 0.05) is 23.8 Å². The van der Waals surface area contributed by atoms with Crippen LogP contribution in [0, 0.1) is 18.8 Å². The molecule has 4 rings (SSSR count). The van der Waals surface area contributed by atoms with Gasteiger partial charge in [0.1, 0.15) is 0 Å². The molecule has 4 heteroatoms. The number of carbonyl (C=O) groups is 2. The van der Waals surface area contributed by atoms with Crippen LogP contribution in [-0.4, -0.2) is 29.3 Å². The van der Waals surface area contributed by atoms with E-state index >= 15 is 0 Å². The van der Waals surface area contributed by atoms with Gasteiger partial charge < -0.3 is 10.2 Å². The van der Waals surface area contributed by atoms with E-state index in [1.54, 1.807) is 0 Å². The van der Waals surface area contributed by atoms with Gasteiger partial charge in [-0.25, -0.2) is 0 Å². The molecule has 0 bridgehead atoms. The molecule has 1 heterocycles. The first-order chi connectivity index (χ1) is 15.5.